The molecule has 0 saturated heterocycles. The fraction of sp³-hybridized carbons (Fsp3) is 0.538. The fourth-order valence-corrected chi connectivity index (χ4v) is 1.77. The van der Waals surface area contributed by atoms with Gasteiger partial charge in [0.1, 0.15) is 5.75 Å². The molecule has 1 aromatic carbocycles. The number of fused-ring (bicyclic) bond motifs is 1. The minimum absolute atomic E-state index is 0.113. The third kappa shape index (κ3) is 3.93. The Morgan fingerprint density at radius 2 is 1.95 bits per heavy atom. The molecule has 0 amide bonds. The summed E-state index contributed by atoms with van der Waals surface area (Å²) in [5.74, 6) is 1.47. The van der Waals surface area contributed by atoms with Crippen molar-refractivity contribution in [1.82, 2.24) is 5.32 Å². The summed E-state index contributed by atoms with van der Waals surface area (Å²) in [4.78, 5) is 0. The number of benzene rings is 1. The molecule has 1 heterocycles. The van der Waals surface area contributed by atoms with Crippen LogP contribution in [0.1, 0.15) is 18.9 Å². The van der Waals surface area contributed by atoms with Gasteiger partial charge >= 0.3 is 6.18 Å². The maximum atomic E-state index is 12.1. The second kappa shape index (κ2) is 6.21. The summed E-state index contributed by atoms with van der Waals surface area (Å²) in [5.41, 5.74) is 0.748. The van der Waals surface area contributed by atoms with E-state index in [-0.39, 0.29) is 6.79 Å². The molecule has 112 valence electrons. The Balaban J connectivity index is 2.08. The molecule has 2 rings (SSSR count). The van der Waals surface area contributed by atoms with Crippen LogP contribution in [-0.2, 0) is 6.54 Å². The summed E-state index contributed by atoms with van der Waals surface area (Å²) >= 11 is 0. The Morgan fingerprint density at radius 1 is 1.25 bits per heavy atom. The van der Waals surface area contributed by atoms with Gasteiger partial charge in [-0.1, -0.05) is 6.92 Å². The molecule has 0 unspecified atom stereocenters. The van der Waals surface area contributed by atoms with Crippen LogP contribution in [0.25, 0.3) is 0 Å². The van der Waals surface area contributed by atoms with Crippen LogP contribution in [0.5, 0.6) is 17.2 Å². The van der Waals surface area contributed by atoms with E-state index in [1.807, 2.05) is 6.92 Å². The smallest absolute Gasteiger partial charge is 0.392 e. The summed E-state index contributed by atoms with van der Waals surface area (Å²) in [7, 11) is 0. The van der Waals surface area contributed by atoms with Crippen LogP contribution in [0.2, 0.25) is 0 Å². The molecule has 4 nitrogen and oxygen atoms in total. The molecule has 0 aliphatic carbocycles. The van der Waals surface area contributed by atoms with E-state index in [0.29, 0.717) is 23.8 Å². The lowest BCUT2D eigenvalue weighted by molar-refractivity contribution is -0.139. The quantitative estimate of drug-likeness (QED) is 0.875. The van der Waals surface area contributed by atoms with Crippen molar-refractivity contribution in [3.8, 4) is 17.2 Å². The minimum Gasteiger partial charge on any atom is -0.493 e. The van der Waals surface area contributed by atoms with Gasteiger partial charge in [0.2, 0.25) is 6.79 Å². The summed E-state index contributed by atoms with van der Waals surface area (Å²) in [6, 6.07) is 3.30. The number of alkyl halides is 3. The van der Waals surface area contributed by atoms with E-state index in [9.17, 15) is 13.2 Å². The first-order valence-corrected chi connectivity index (χ1v) is 6.32. The second-order valence-electron chi connectivity index (χ2n) is 4.31. The zero-order valence-corrected chi connectivity index (χ0v) is 11.0. The van der Waals surface area contributed by atoms with Gasteiger partial charge in [-0.3, -0.25) is 0 Å². The summed E-state index contributed by atoms with van der Waals surface area (Å²) in [6.07, 6.45) is -5.21. The summed E-state index contributed by atoms with van der Waals surface area (Å²) in [5, 5.41) is 3.10. The Hall–Kier alpha value is -1.63. The molecule has 0 spiro atoms. The second-order valence-corrected chi connectivity index (χ2v) is 4.31. The normalized spacial score (nSPS) is 13.6. The largest absolute Gasteiger partial charge is 0.493 e. The average molecular weight is 291 g/mol. The van der Waals surface area contributed by atoms with Crippen molar-refractivity contribution >= 4 is 0 Å². The van der Waals surface area contributed by atoms with E-state index < -0.39 is 19.2 Å². The predicted molar refractivity (Wildman–Crippen MR) is 66.1 cm³/mol. The van der Waals surface area contributed by atoms with Crippen molar-refractivity contribution < 1.29 is 27.4 Å². The third-order valence-electron chi connectivity index (χ3n) is 2.76. The zero-order chi connectivity index (χ0) is 14.6. The number of halogens is 3. The van der Waals surface area contributed by atoms with E-state index >= 15 is 0 Å². The highest BCUT2D eigenvalue weighted by Crippen LogP contribution is 2.38. The molecule has 20 heavy (non-hydrogen) atoms. The molecule has 0 fully saturated rings. The predicted octanol–water partition coefficient (Wildman–Crippen LogP) is 2.86. The number of nitrogens with one attached hydrogen (secondary N) is 1. The van der Waals surface area contributed by atoms with Gasteiger partial charge in [-0.15, -0.1) is 0 Å². The molecule has 1 aliphatic heterocycles. The SMILES string of the molecule is CCNCc1cc2c(cc1OCCC(F)(F)F)OCO2. The van der Waals surface area contributed by atoms with Crippen molar-refractivity contribution in [2.45, 2.75) is 26.1 Å². The van der Waals surface area contributed by atoms with Crippen molar-refractivity contribution in [2.24, 2.45) is 0 Å². The Morgan fingerprint density at radius 3 is 2.60 bits per heavy atom. The van der Waals surface area contributed by atoms with E-state index in [2.05, 4.69) is 5.32 Å². The first-order chi connectivity index (χ1) is 9.49. The van der Waals surface area contributed by atoms with Gasteiger partial charge in [0.05, 0.1) is 13.0 Å². The highest BCUT2D eigenvalue weighted by molar-refractivity contribution is 5.51. The number of ether oxygens (including phenoxy) is 3. The molecule has 7 heteroatoms. The number of hydrogen-bond acceptors (Lipinski definition) is 4. The lowest BCUT2D eigenvalue weighted by Crippen LogP contribution is -2.15. The van der Waals surface area contributed by atoms with Crippen molar-refractivity contribution in [3.63, 3.8) is 0 Å². The van der Waals surface area contributed by atoms with Crippen LogP contribution < -0.4 is 19.5 Å². The van der Waals surface area contributed by atoms with Gasteiger partial charge in [-0.2, -0.15) is 13.2 Å². The molecule has 0 radical (unpaired) electrons. The maximum absolute atomic E-state index is 12.1. The molecular formula is C13H16F3NO3. The van der Waals surface area contributed by atoms with Crippen LogP contribution in [0.3, 0.4) is 0 Å². The molecule has 1 aliphatic rings. The van der Waals surface area contributed by atoms with Crippen LogP contribution in [-0.4, -0.2) is 26.1 Å². The first kappa shape index (κ1) is 14.8. The standard InChI is InChI=1S/C13H16F3NO3/c1-2-17-7-9-5-11-12(20-8-19-11)6-10(9)18-4-3-13(14,15)16/h5-6,17H,2-4,7-8H2,1H3. The lowest BCUT2D eigenvalue weighted by Gasteiger charge is -2.14. The third-order valence-corrected chi connectivity index (χ3v) is 2.76. The lowest BCUT2D eigenvalue weighted by atomic mass is 10.1. The molecule has 1 aromatic rings. The first-order valence-electron chi connectivity index (χ1n) is 6.32. The van der Waals surface area contributed by atoms with Gasteiger partial charge in [0.25, 0.3) is 0 Å². The van der Waals surface area contributed by atoms with Gasteiger partial charge in [-0.05, 0) is 12.6 Å². The van der Waals surface area contributed by atoms with Gasteiger partial charge < -0.3 is 19.5 Å². The minimum atomic E-state index is -4.22. The van der Waals surface area contributed by atoms with E-state index in [1.54, 1.807) is 12.1 Å². The van der Waals surface area contributed by atoms with Crippen molar-refractivity contribution in [3.05, 3.63) is 17.7 Å². The topological polar surface area (TPSA) is 39.7 Å². The molecule has 0 aromatic heterocycles. The van der Waals surface area contributed by atoms with Crippen molar-refractivity contribution in [2.75, 3.05) is 19.9 Å². The monoisotopic (exact) mass is 291 g/mol. The molecule has 1 N–H and O–H groups in total. The van der Waals surface area contributed by atoms with E-state index in [0.717, 1.165) is 12.1 Å². The van der Waals surface area contributed by atoms with E-state index in [1.165, 1.54) is 0 Å². The Labute approximate surface area is 114 Å². The van der Waals surface area contributed by atoms with Crippen LogP contribution in [0.4, 0.5) is 13.2 Å². The molecular weight excluding hydrogens is 275 g/mol. The number of hydrogen-bond donors (Lipinski definition) is 1. The van der Waals surface area contributed by atoms with Gasteiger partial charge in [-0.25, -0.2) is 0 Å². The van der Waals surface area contributed by atoms with Gasteiger partial charge in [0, 0.05) is 18.2 Å². The summed E-state index contributed by atoms with van der Waals surface area (Å²) < 4.78 is 52.1. The summed E-state index contributed by atoms with van der Waals surface area (Å²) in [6.45, 7) is 2.88. The Bertz CT molecular complexity index is 463. The van der Waals surface area contributed by atoms with Crippen LogP contribution in [0, 0.1) is 0 Å². The zero-order valence-electron chi connectivity index (χ0n) is 11.0. The molecule has 0 bridgehead atoms. The average Bonchev–Trinajstić information content (AvgIpc) is 2.81. The number of rotatable bonds is 6. The van der Waals surface area contributed by atoms with Gasteiger partial charge in [0.15, 0.2) is 11.5 Å². The fourth-order valence-electron chi connectivity index (χ4n) is 1.77. The highest BCUT2D eigenvalue weighted by atomic mass is 19.4. The Kier molecular flexibility index (Phi) is 4.59. The van der Waals surface area contributed by atoms with E-state index in [4.69, 9.17) is 14.2 Å². The maximum Gasteiger partial charge on any atom is 0.392 e. The van der Waals surface area contributed by atoms with Crippen molar-refractivity contribution in [1.29, 1.82) is 0 Å². The molecule has 0 atom stereocenters. The van der Waals surface area contributed by atoms with Crippen LogP contribution >= 0.6 is 0 Å². The van der Waals surface area contributed by atoms with Crippen LogP contribution in [0.15, 0.2) is 12.1 Å². The highest BCUT2D eigenvalue weighted by Gasteiger charge is 2.27. The molecule has 0 saturated carbocycles.